The van der Waals surface area contributed by atoms with Crippen LogP contribution < -0.4 is 0 Å². The normalized spacial score (nSPS) is 16.6. The Morgan fingerprint density at radius 2 is 2.21 bits per heavy atom. The molecular formula is C15H18N2O2. The Kier molecular flexibility index (Phi) is 2.62. The lowest BCUT2D eigenvalue weighted by Crippen LogP contribution is -2.26. The molecule has 4 nitrogen and oxygen atoms in total. The van der Waals surface area contributed by atoms with E-state index in [1.807, 2.05) is 0 Å². The third kappa shape index (κ3) is 1.66. The third-order valence-corrected chi connectivity index (χ3v) is 3.97. The Bertz CT molecular complexity index is 653. The number of aromatic nitrogens is 2. The van der Waals surface area contributed by atoms with Crippen molar-refractivity contribution in [1.29, 1.82) is 0 Å². The topological polar surface area (TPSA) is 44.1 Å². The zero-order valence-corrected chi connectivity index (χ0v) is 11.6. The van der Waals surface area contributed by atoms with Gasteiger partial charge in [0.1, 0.15) is 11.2 Å². The Morgan fingerprint density at radius 1 is 1.47 bits per heavy atom. The van der Waals surface area contributed by atoms with Crippen molar-refractivity contribution < 1.29 is 9.53 Å². The maximum absolute atomic E-state index is 12.0. The van der Waals surface area contributed by atoms with E-state index in [9.17, 15) is 4.79 Å². The summed E-state index contributed by atoms with van der Waals surface area (Å²) >= 11 is 0. The molecule has 0 spiro atoms. The number of nitrogens with zero attached hydrogens (tertiary/aromatic N) is 2. The average Bonchev–Trinajstić information content (AvgIpc) is 3.14. The second-order valence-corrected chi connectivity index (χ2v) is 5.25. The molecule has 0 amide bonds. The lowest BCUT2D eigenvalue weighted by Gasteiger charge is -2.14. The Morgan fingerprint density at radius 3 is 2.79 bits per heavy atom. The van der Waals surface area contributed by atoms with Gasteiger partial charge in [0, 0.05) is 6.54 Å². The lowest BCUT2D eigenvalue weighted by atomic mass is 10.1. The fourth-order valence-corrected chi connectivity index (χ4v) is 2.76. The maximum atomic E-state index is 12.0. The van der Waals surface area contributed by atoms with E-state index >= 15 is 0 Å². The Labute approximate surface area is 112 Å². The van der Waals surface area contributed by atoms with Gasteiger partial charge in [-0.25, -0.2) is 4.98 Å². The second-order valence-electron chi connectivity index (χ2n) is 5.25. The van der Waals surface area contributed by atoms with Crippen LogP contribution in [-0.4, -0.2) is 22.6 Å². The summed E-state index contributed by atoms with van der Waals surface area (Å²) in [5.41, 5.74) is 2.74. The van der Waals surface area contributed by atoms with Gasteiger partial charge < -0.3 is 9.30 Å². The van der Waals surface area contributed by atoms with Crippen molar-refractivity contribution >= 4 is 17.0 Å². The van der Waals surface area contributed by atoms with Gasteiger partial charge in [-0.3, -0.25) is 4.79 Å². The van der Waals surface area contributed by atoms with Crippen LogP contribution in [0.5, 0.6) is 0 Å². The van der Waals surface area contributed by atoms with Crippen molar-refractivity contribution in [2.45, 2.75) is 38.6 Å². The quantitative estimate of drug-likeness (QED) is 0.795. The summed E-state index contributed by atoms with van der Waals surface area (Å²) in [7, 11) is 1.45. The van der Waals surface area contributed by atoms with Gasteiger partial charge in [-0.05, 0) is 44.4 Å². The number of ether oxygens (including phenoxy) is 1. The molecule has 19 heavy (non-hydrogen) atoms. The van der Waals surface area contributed by atoms with Crippen LogP contribution in [0.4, 0.5) is 0 Å². The summed E-state index contributed by atoms with van der Waals surface area (Å²) in [4.78, 5) is 16.7. The van der Waals surface area contributed by atoms with E-state index in [2.05, 4.69) is 36.6 Å². The molecule has 1 aromatic carbocycles. The molecule has 1 aliphatic rings. The van der Waals surface area contributed by atoms with Crippen LogP contribution in [0, 0.1) is 6.92 Å². The highest BCUT2D eigenvalue weighted by molar-refractivity contribution is 5.87. The molecule has 1 aliphatic carbocycles. The smallest absolute Gasteiger partial charge is 0.319 e. The van der Waals surface area contributed by atoms with Gasteiger partial charge in [-0.1, -0.05) is 6.07 Å². The summed E-state index contributed by atoms with van der Waals surface area (Å²) in [6, 6.07) is 6.23. The Hall–Kier alpha value is -1.84. The SMILES string of the molecule is CCn1c(C2(C(=O)OC)CC2)nc2cc(C)ccc21. The zero-order valence-electron chi connectivity index (χ0n) is 11.6. The van der Waals surface area contributed by atoms with E-state index in [1.54, 1.807) is 0 Å². The standard InChI is InChI=1S/C15H18N2O2/c1-4-17-12-6-5-10(2)9-11(12)16-13(17)15(7-8-15)14(18)19-3/h5-6,9H,4,7-8H2,1-3H3. The first-order valence-electron chi connectivity index (χ1n) is 6.68. The van der Waals surface area contributed by atoms with Crippen molar-refractivity contribution in [2.24, 2.45) is 0 Å². The molecule has 0 aliphatic heterocycles. The number of imidazole rings is 1. The molecule has 1 aromatic heterocycles. The highest BCUT2D eigenvalue weighted by atomic mass is 16.5. The molecule has 100 valence electrons. The van der Waals surface area contributed by atoms with E-state index in [0.717, 1.165) is 36.2 Å². The summed E-state index contributed by atoms with van der Waals surface area (Å²) in [6.07, 6.45) is 1.67. The largest absolute Gasteiger partial charge is 0.468 e. The van der Waals surface area contributed by atoms with Crippen LogP contribution >= 0.6 is 0 Å². The first-order valence-corrected chi connectivity index (χ1v) is 6.68. The van der Waals surface area contributed by atoms with Gasteiger partial charge in [0.2, 0.25) is 0 Å². The van der Waals surface area contributed by atoms with E-state index in [1.165, 1.54) is 12.7 Å². The second kappa shape index (κ2) is 4.08. The number of aryl methyl sites for hydroxylation is 2. The van der Waals surface area contributed by atoms with Crippen molar-refractivity contribution in [3.63, 3.8) is 0 Å². The van der Waals surface area contributed by atoms with Crippen LogP contribution in [0.2, 0.25) is 0 Å². The molecule has 0 unspecified atom stereocenters. The Balaban J connectivity index is 2.21. The highest BCUT2D eigenvalue weighted by Crippen LogP contribution is 2.49. The molecule has 4 heteroatoms. The van der Waals surface area contributed by atoms with Gasteiger partial charge in [-0.15, -0.1) is 0 Å². The monoisotopic (exact) mass is 258 g/mol. The number of esters is 1. The molecule has 1 heterocycles. The number of hydrogen-bond acceptors (Lipinski definition) is 3. The minimum absolute atomic E-state index is 0.158. The summed E-state index contributed by atoms with van der Waals surface area (Å²) in [6.45, 7) is 4.95. The number of benzene rings is 1. The first-order chi connectivity index (χ1) is 9.12. The summed E-state index contributed by atoms with van der Waals surface area (Å²) < 4.78 is 7.10. The number of methoxy groups -OCH3 is 1. The molecule has 0 radical (unpaired) electrons. The van der Waals surface area contributed by atoms with Crippen LogP contribution in [0.25, 0.3) is 11.0 Å². The van der Waals surface area contributed by atoms with Gasteiger partial charge in [-0.2, -0.15) is 0 Å². The molecule has 0 saturated heterocycles. The lowest BCUT2D eigenvalue weighted by molar-refractivity contribution is -0.144. The van der Waals surface area contributed by atoms with Crippen molar-refractivity contribution in [3.05, 3.63) is 29.6 Å². The van der Waals surface area contributed by atoms with Crippen LogP contribution in [-0.2, 0) is 21.5 Å². The molecule has 0 atom stereocenters. The first kappa shape index (κ1) is 12.2. The van der Waals surface area contributed by atoms with Crippen LogP contribution in [0.15, 0.2) is 18.2 Å². The molecule has 1 saturated carbocycles. The van der Waals surface area contributed by atoms with Gasteiger partial charge >= 0.3 is 5.97 Å². The minimum atomic E-state index is -0.502. The molecule has 3 rings (SSSR count). The highest BCUT2D eigenvalue weighted by Gasteiger charge is 2.56. The number of fused-ring (bicyclic) bond motifs is 1. The summed E-state index contributed by atoms with van der Waals surface area (Å²) in [5.74, 6) is 0.705. The number of carbonyl (C=O) groups is 1. The predicted molar refractivity (Wildman–Crippen MR) is 73.1 cm³/mol. The van der Waals surface area contributed by atoms with Crippen LogP contribution in [0.3, 0.4) is 0 Å². The average molecular weight is 258 g/mol. The number of carbonyl (C=O) groups excluding carboxylic acids is 1. The van der Waals surface area contributed by atoms with Crippen molar-refractivity contribution in [3.8, 4) is 0 Å². The van der Waals surface area contributed by atoms with Gasteiger partial charge in [0.25, 0.3) is 0 Å². The molecule has 0 bridgehead atoms. The number of hydrogen-bond donors (Lipinski definition) is 0. The zero-order chi connectivity index (χ0) is 13.6. The molecule has 2 aromatic rings. The van der Waals surface area contributed by atoms with E-state index in [0.29, 0.717) is 0 Å². The van der Waals surface area contributed by atoms with E-state index in [-0.39, 0.29) is 5.97 Å². The molecule has 1 fully saturated rings. The molecule has 0 N–H and O–H groups in total. The van der Waals surface area contributed by atoms with Crippen molar-refractivity contribution in [2.75, 3.05) is 7.11 Å². The van der Waals surface area contributed by atoms with Crippen molar-refractivity contribution in [1.82, 2.24) is 9.55 Å². The minimum Gasteiger partial charge on any atom is -0.468 e. The maximum Gasteiger partial charge on any atom is 0.319 e. The number of rotatable bonds is 3. The fraction of sp³-hybridized carbons (Fsp3) is 0.467. The predicted octanol–water partition coefficient (Wildman–Crippen LogP) is 2.57. The van der Waals surface area contributed by atoms with E-state index in [4.69, 9.17) is 9.72 Å². The van der Waals surface area contributed by atoms with Gasteiger partial charge in [0.05, 0.1) is 18.1 Å². The van der Waals surface area contributed by atoms with Gasteiger partial charge in [0.15, 0.2) is 0 Å². The van der Waals surface area contributed by atoms with Crippen LogP contribution in [0.1, 0.15) is 31.2 Å². The fourth-order valence-electron chi connectivity index (χ4n) is 2.76. The summed E-state index contributed by atoms with van der Waals surface area (Å²) in [5, 5.41) is 0. The molecular weight excluding hydrogens is 240 g/mol. The van der Waals surface area contributed by atoms with E-state index < -0.39 is 5.41 Å². The third-order valence-electron chi connectivity index (χ3n) is 3.97.